The zero-order valence-corrected chi connectivity index (χ0v) is 19.3. The Kier molecular flexibility index (Phi) is 9.21. The Bertz CT molecular complexity index is 616. The van der Waals surface area contributed by atoms with Gasteiger partial charge in [-0.1, -0.05) is 13.8 Å². The Morgan fingerprint density at radius 1 is 1.21 bits per heavy atom. The van der Waals surface area contributed by atoms with Crippen molar-refractivity contribution in [3.05, 3.63) is 15.6 Å². The first-order valence-electron chi connectivity index (χ1n) is 11.5. The van der Waals surface area contributed by atoms with Crippen LogP contribution in [0.2, 0.25) is 0 Å². The molecule has 1 atom stereocenters. The van der Waals surface area contributed by atoms with Gasteiger partial charge in [-0.05, 0) is 44.9 Å². The van der Waals surface area contributed by atoms with E-state index in [0.29, 0.717) is 12.0 Å². The molecule has 0 amide bonds. The van der Waals surface area contributed by atoms with Crippen LogP contribution in [0.15, 0.2) is 4.99 Å². The molecule has 1 fully saturated rings. The molecule has 0 spiro atoms. The summed E-state index contributed by atoms with van der Waals surface area (Å²) in [5.41, 5.74) is 1.38. The summed E-state index contributed by atoms with van der Waals surface area (Å²) in [6.07, 6.45) is 7.22. The lowest BCUT2D eigenvalue weighted by Gasteiger charge is -2.36. The summed E-state index contributed by atoms with van der Waals surface area (Å²) in [6, 6.07) is 0.469. The van der Waals surface area contributed by atoms with Crippen LogP contribution in [-0.2, 0) is 24.0 Å². The van der Waals surface area contributed by atoms with Crippen LogP contribution < -0.4 is 10.6 Å². The zero-order valence-electron chi connectivity index (χ0n) is 18.5. The molecule has 0 saturated carbocycles. The van der Waals surface area contributed by atoms with Crippen molar-refractivity contribution in [3.8, 4) is 0 Å². The van der Waals surface area contributed by atoms with E-state index in [1.807, 2.05) is 11.3 Å². The van der Waals surface area contributed by atoms with Crippen LogP contribution in [0.5, 0.6) is 0 Å². The molecule has 1 aromatic rings. The number of aryl methyl sites for hydroxylation is 3. The smallest absolute Gasteiger partial charge is 0.191 e. The fourth-order valence-corrected chi connectivity index (χ4v) is 5.34. The van der Waals surface area contributed by atoms with Gasteiger partial charge >= 0.3 is 0 Å². The van der Waals surface area contributed by atoms with E-state index in [4.69, 9.17) is 14.7 Å². The normalized spacial score (nSPS) is 19.2. The minimum atomic E-state index is 0.469. The van der Waals surface area contributed by atoms with Crippen LogP contribution >= 0.6 is 11.3 Å². The molecule has 1 aromatic heterocycles. The third-order valence-corrected chi connectivity index (χ3v) is 7.03. The highest BCUT2D eigenvalue weighted by Crippen LogP contribution is 2.27. The van der Waals surface area contributed by atoms with Gasteiger partial charge in [-0.2, -0.15) is 0 Å². The van der Waals surface area contributed by atoms with Crippen molar-refractivity contribution < 1.29 is 4.74 Å². The number of rotatable bonds is 9. The Morgan fingerprint density at radius 2 is 2.00 bits per heavy atom. The molecule has 7 heteroatoms. The summed E-state index contributed by atoms with van der Waals surface area (Å²) < 4.78 is 5.52. The second-order valence-corrected chi connectivity index (χ2v) is 9.56. The first-order chi connectivity index (χ1) is 14.2. The maximum atomic E-state index is 5.52. The monoisotopic (exact) mass is 421 g/mol. The standard InChI is InChI=1S/C22H39N5OS/c1-4-23-22(25-16-19(17(2)3)27-12-14-28-15-13-27)24-11-7-10-21-26-18-8-5-6-9-20(18)29-21/h17,19H,4-16H2,1-3H3,(H2,23,24,25). The molecule has 3 rings (SSSR count). The minimum absolute atomic E-state index is 0.469. The third kappa shape index (κ3) is 6.93. The van der Waals surface area contributed by atoms with E-state index in [9.17, 15) is 0 Å². The van der Waals surface area contributed by atoms with Crippen LogP contribution in [0, 0.1) is 5.92 Å². The molecule has 0 bridgehead atoms. The topological polar surface area (TPSA) is 61.8 Å². The maximum Gasteiger partial charge on any atom is 0.191 e. The number of ether oxygens (including phenoxy) is 1. The molecule has 6 nitrogen and oxygen atoms in total. The summed E-state index contributed by atoms with van der Waals surface area (Å²) in [5, 5.41) is 8.24. The first-order valence-corrected chi connectivity index (χ1v) is 12.3. The maximum absolute atomic E-state index is 5.52. The van der Waals surface area contributed by atoms with Gasteiger partial charge in [0.15, 0.2) is 5.96 Å². The summed E-state index contributed by atoms with van der Waals surface area (Å²) in [4.78, 5) is 13.8. The van der Waals surface area contributed by atoms with Gasteiger partial charge < -0.3 is 15.4 Å². The van der Waals surface area contributed by atoms with Crippen LogP contribution in [0.1, 0.15) is 55.6 Å². The lowest BCUT2D eigenvalue weighted by atomic mass is 10.0. The van der Waals surface area contributed by atoms with Crippen molar-refractivity contribution in [1.29, 1.82) is 0 Å². The number of thiazole rings is 1. The fourth-order valence-electron chi connectivity index (χ4n) is 4.14. The highest BCUT2D eigenvalue weighted by Gasteiger charge is 2.23. The molecule has 1 aliphatic carbocycles. The molecule has 29 heavy (non-hydrogen) atoms. The zero-order chi connectivity index (χ0) is 20.5. The number of nitrogens with zero attached hydrogens (tertiary/aromatic N) is 3. The second kappa shape index (κ2) is 11.9. The molecular formula is C22H39N5OS. The average molecular weight is 422 g/mol. The fraction of sp³-hybridized carbons (Fsp3) is 0.818. The van der Waals surface area contributed by atoms with E-state index < -0.39 is 0 Å². The number of hydrogen-bond acceptors (Lipinski definition) is 5. The van der Waals surface area contributed by atoms with E-state index >= 15 is 0 Å². The molecule has 1 aliphatic heterocycles. The summed E-state index contributed by atoms with van der Waals surface area (Å²) in [6.45, 7) is 13.1. The van der Waals surface area contributed by atoms with Crippen LogP contribution in [0.3, 0.4) is 0 Å². The number of nitrogens with one attached hydrogen (secondary N) is 2. The largest absolute Gasteiger partial charge is 0.379 e. The Balaban J connectivity index is 1.46. The number of aromatic nitrogens is 1. The lowest BCUT2D eigenvalue weighted by molar-refractivity contribution is 0.00867. The number of hydrogen-bond donors (Lipinski definition) is 2. The van der Waals surface area contributed by atoms with Crippen LogP contribution in [-0.4, -0.2) is 67.8 Å². The number of aliphatic imine (C=N–C) groups is 1. The molecule has 2 N–H and O–H groups in total. The van der Waals surface area contributed by atoms with Gasteiger partial charge in [-0.15, -0.1) is 11.3 Å². The van der Waals surface area contributed by atoms with Gasteiger partial charge in [0.05, 0.1) is 30.5 Å². The van der Waals surface area contributed by atoms with Crippen LogP contribution in [0.4, 0.5) is 0 Å². The summed E-state index contributed by atoms with van der Waals surface area (Å²) in [5.74, 6) is 1.51. The third-order valence-electron chi connectivity index (χ3n) is 5.81. The van der Waals surface area contributed by atoms with Crippen LogP contribution in [0.25, 0.3) is 0 Å². The number of guanidine groups is 1. The molecular weight excluding hydrogens is 382 g/mol. The first kappa shape index (κ1) is 22.5. The molecule has 2 aliphatic rings. The van der Waals surface area contributed by atoms with Gasteiger partial charge in [0, 0.05) is 43.5 Å². The van der Waals surface area contributed by atoms with E-state index in [1.54, 1.807) is 0 Å². The van der Waals surface area contributed by atoms with E-state index in [-0.39, 0.29) is 0 Å². The predicted molar refractivity (Wildman–Crippen MR) is 122 cm³/mol. The quantitative estimate of drug-likeness (QED) is 0.365. The second-order valence-electron chi connectivity index (χ2n) is 8.39. The van der Waals surface area contributed by atoms with Crippen molar-refractivity contribution in [2.75, 3.05) is 45.9 Å². The van der Waals surface area contributed by atoms with Crippen molar-refractivity contribution in [1.82, 2.24) is 20.5 Å². The average Bonchev–Trinajstić information content (AvgIpc) is 3.14. The van der Waals surface area contributed by atoms with E-state index in [0.717, 1.165) is 64.7 Å². The highest BCUT2D eigenvalue weighted by atomic mass is 32.1. The molecule has 0 radical (unpaired) electrons. The minimum Gasteiger partial charge on any atom is -0.379 e. The molecule has 1 unspecified atom stereocenters. The SMILES string of the molecule is CCNC(=NCC(C(C)C)N1CCOCC1)NCCCc1nc2c(s1)CCCC2. The van der Waals surface area contributed by atoms with Crippen molar-refractivity contribution in [2.24, 2.45) is 10.9 Å². The van der Waals surface area contributed by atoms with Gasteiger partial charge in [0.1, 0.15) is 0 Å². The van der Waals surface area contributed by atoms with Crippen molar-refractivity contribution >= 4 is 17.3 Å². The number of morpholine rings is 1. The molecule has 164 valence electrons. The molecule has 0 aromatic carbocycles. The van der Waals surface area contributed by atoms with Gasteiger partial charge in [-0.3, -0.25) is 9.89 Å². The van der Waals surface area contributed by atoms with Gasteiger partial charge in [0.25, 0.3) is 0 Å². The summed E-state index contributed by atoms with van der Waals surface area (Å²) in [7, 11) is 0. The van der Waals surface area contributed by atoms with E-state index in [2.05, 4.69) is 36.3 Å². The Labute approximate surface area is 180 Å². The van der Waals surface area contributed by atoms with Crippen molar-refractivity contribution in [3.63, 3.8) is 0 Å². The molecule has 2 heterocycles. The Morgan fingerprint density at radius 3 is 2.72 bits per heavy atom. The lowest BCUT2D eigenvalue weighted by Crippen LogP contribution is -2.48. The van der Waals surface area contributed by atoms with Gasteiger partial charge in [0.2, 0.25) is 0 Å². The van der Waals surface area contributed by atoms with Crippen molar-refractivity contribution in [2.45, 2.75) is 65.3 Å². The van der Waals surface area contributed by atoms with Gasteiger partial charge in [-0.25, -0.2) is 4.98 Å². The number of fused-ring (bicyclic) bond motifs is 1. The predicted octanol–water partition coefficient (Wildman–Crippen LogP) is 2.87. The Hall–Kier alpha value is -1.18. The molecule has 1 saturated heterocycles. The van der Waals surface area contributed by atoms with E-state index in [1.165, 1.54) is 41.3 Å². The summed E-state index contributed by atoms with van der Waals surface area (Å²) >= 11 is 1.94. The highest BCUT2D eigenvalue weighted by molar-refractivity contribution is 7.11.